The van der Waals surface area contributed by atoms with Gasteiger partial charge in [0.15, 0.2) is 0 Å². The van der Waals surface area contributed by atoms with Crippen LogP contribution in [0.1, 0.15) is 64.7 Å². The Bertz CT molecular complexity index is 387. The van der Waals surface area contributed by atoms with E-state index in [-0.39, 0.29) is 5.41 Å². The molecule has 5 atom stereocenters. The normalized spacial score (nSPS) is 58.0. The summed E-state index contributed by atoms with van der Waals surface area (Å²) in [5, 5.41) is 11.7. The van der Waals surface area contributed by atoms with Gasteiger partial charge >= 0.3 is 0 Å². The Balaban J connectivity index is 1.64. The van der Waals surface area contributed by atoms with Crippen LogP contribution in [0.3, 0.4) is 0 Å². The topological polar surface area (TPSA) is 46.2 Å². The third-order valence-electron chi connectivity index (χ3n) is 8.03. The molecule has 0 aromatic rings. The number of hydrogen-bond acceptors (Lipinski definition) is 2. The summed E-state index contributed by atoms with van der Waals surface area (Å²) in [7, 11) is 0. The van der Waals surface area contributed by atoms with Crippen molar-refractivity contribution < 1.29 is 5.11 Å². The average Bonchev–Trinajstić information content (AvgIpc) is 3.11. The highest BCUT2D eigenvalue weighted by molar-refractivity contribution is 5.17. The van der Waals surface area contributed by atoms with Crippen molar-refractivity contribution in [1.82, 2.24) is 0 Å². The average molecular weight is 277 g/mol. The monoisotopic (exact) mass is 277 g/mol. The smallest absolute Gasteiger partial charge is 0.0749 e. The number of fused-ring (bicyclic) bond motifs is 5. The highest BCUT2D eigenvalue weighted by Crippen LogP contribution is 2.67. The van der Waals surface area contributed by atoms with Gasteiger partial charge in [-0.05, 0) is 68.1 Å². The molecule has 3 N–H and O–H groups in total. The summed E-state index contributed by atoms with van der Waals surface area (Å²) < 4.78 is 0. The van der Waals surface area contributed by atoms with Gasteiger partial charge in [0.1, 0.15) is 0 Å². The first-order valence-corrected chi connectivity index (χ1v) is 9.02. The fourth-order valence-corrected chi connectivity index (χ4v) is 6.85. The summed E-state index contributed by atoms with van der Waals surface area (Å²) in [4.78, 5) is 0. The van der Waals surface area contributed by atoms with Gasteiger partial charge in [-0.3, -0.25) is 0 Å². The molecule has 4 saturated carbocycles. The second-order valence-corrected chi connectivity index (χ2v) is 8.66. The number of nitrogens with two attached hydrogens (primary N) is 1. The molecule has 0 aromatic heterocycles. The summed E-state index contributed by atoms with van der Waals surface area (Å²) in [6.07, 6.45) is 11.5. The van der Waals surface area contributed by atoms with Crippen LogP contribution in [0.2, 0.25) is 0 Å². The second kappa shape index (κ2) is 4.46. The van der Waals surface area contributed by atoms with E-state index in [2.05, 4.69) is 6.92 Å². The molecule has 4 aliphatic carbocycles. The molecule has 0 amide bonds. The number of rotatable bonds is 2. The van der Waals surface area contributed by atoms with Crippen LogP contribution in [0.15, 0.2) is 0 Å². The zero-order chi connectivity index (χ0) is 14.0. The highest BCUT2D eigenvalue weighted by Gasteiger charge is 2.66. The summed E-state index contributed by atoms with van der Waals surface area (Å²) >= 11 is 0. The number of hydrogen-bond donors (Lipinski definition) is 2. The van der Waals surface area contributed by atoms with E-state index >= 15 is 0 Å². The predicted molar refractivity (Wildman–Crippen MR) is 81.1 cm³/mol. The first kappa shape index (κ1) is 13.6. The Morgan fingerprint density at radius 1 is 1.10 bits per heavy atom. The van der Waals surface area contributed by atoms with Gasteiger partial charge in [0.05, 0.1) is 5.60 Å². The molecule has 5 unspecified atom stereocenters. The van der Waals surface area contributed by atoms with Gasteiger partial charge in [0, 0.05) is 12.0 Å². The van der Waals surface area contributed by atoms with Crippen molar-refractivity contribution >= 4 is 0 Å². The van der Waals surface area contributed by atoms with Crippen LogP contribution >= 0.6 is 0 Å². The minimum atomic E-state index is -0.419. The lowest BCUT2D eigenvalue weighted by Gasteiger charge is -2.54. The van der Waals surface area contributed by atoms with Gasteiger partial charge in [0.25, 0.3) is 0 Å². The lowest BCUT2D eigenvalue weighted by atomic mass is 9.54. The molecule has 2 heteroatoms. The molecule has 0 heterocycles. The number of aliphatic hydroxyl groups is 1. The van der Waals surface area contributed by atoms with E-state index in [9.17, 15) is 5.11 Å². The minimum Gasteiger partial charge on any atom is -0.389 e. The molecule has 2 bridgehead atoms. The maximum Gasteiger partial charge on any atom is 0.0749 e. The van der Waals surface area contributed by atoms with Crippen LogP contribution in [0.4, 0.5) is 0 Å². The van der Waals surface area contributed by atoms with E-state index in [4.69, 9.17) is 5.73 Å². The van der Waals surface area contributed by atoms with Crippen molar-refractivity contribution in [2.24, 2.45) is 40.7 Å². The maximum atomic E-state index is 11.7. The Labute approximate surface area is 123 Å². The zero-order valence-corrected chi connectivity index (χ0v) is 13.0. The van der Waals surface area contributed by atoms with Crippen LogP contribution in [0.25, 0.3) is 0 Å². The molecule has 0 aromatic carbocycles. The lowest BCUT2D eigenvalue weighted by Crippen LogP contribution is -2.59. The fraction of sp³-hybridized carbons (Fsp3) is 1.00. The van der Waals surface area contributed by atoms with E-state index in [0.717, 1.165) is 30.1 Å². The van der Waals surface area contributed by atoms with E-state index in [0.29, 0.717) is 12.5 Å². The third kappa shape index (κ3) is 1.58. The van der Waals surface area contributed by atoms with Gasteiger partial charge in [-0.2, -0.15) is 0 Å². The van der Waals surface area contributed by atoms with E-state index in [1.165, 1.54) is 51.4 Å². The largest absolute Gasteiger partial charge is 0.389 e. The van der Waals surface area contributed by atoms with Crippen molar-refractivity contribution in [3.8, 4) is 0 Å². The molecule has 0 spiro atoms. The molecule has 0 radical (unpaired) electrons. The van der Waals surface area contributed by atoms with Crippen LogP contribution in [0.5, 0.6) is 0 Å². The third-order valence-corrected chi connectivity index (χ3v) is 8.03. The Kier molecular flexibility index (Phi) is 3.03. The quantitative estimate of drug-likeness (QED) is 0.813. The van der Waals surface area contributed by atoms with Crippen molar-refractivity contribution in [3.63, 3.8) is 0 Å². The Morgan fingerprint density at radius 3 is 2.50 bits per heavy atom. The van der Waals surface area contributed by atoms with Gasteiger partial charge < -0.3 is 10.8 Å². The van der Waals surface area contributed by atoms with E-state index in [1.54, 1.807) is 0 Å². The van der Waals surface area contributed by atoms with Gasteiger partial charge in [0.2, 0.25) is 0 Å². The molecule has 4 rings (SSSR count). The minimum absolute atomic E-state index is 0.0481. The molecule has 20 heavy (non-hydrogen) atoms. The maximum absolute atomic E-state index is 11.7. The fourth-order valence-electron chi connectivity index (χ4n) is 6.85. The van der Waals surface area contributed by atoms with Crippen LogP contribution in [-0.4, -0.2) is 17.3 Å². The summed E-state index contributed by atoms with van der Waals surface area (Å²) in [6.45, 7) is 3.06. The summed E-state index contributed by atoms with van der Waals surface area (Å²) in [6, 6.07) is 0. The van der Waals surface area contributed by atoms with E-state index < -0.39 is 5.60 Å². The molecule has 0 saturated heterocycles. The first-order chi connectivity index (χ1) is 9.60. The van der Waals surface area contributed by atoms with Crippen LogP contribution < -0.4 is 5.73 Å². The molecular weight excluding hydrogens is 246 g/mol. The molecule has 4 fully saturated rings. The summed E-state index contributed by atoms with van der Waals surface area (Å²) in [5.41, 5.74) is 5.89. The Hall–Kier alpha value is -0.0800. The van der Waals surface area contributed by atoms with Gasteiger partial charge in [-0.1, -0.05) is 26.2 Å². The molecule has 0 aliphatic heterocycles. The van der Waals surface area contributed by atoms with Crippen molar-refractivity contribution in [1.29, 1.82) is 0 Å². The van der Waals surface area contributed by atoms with E-state index in [1.807, 2.05) is 0 Å². The van der Waals surface area contributed by atoms with Gasteiger partial charge in [-0.15, -0.1) is 0 Å². The Morgan fingerprint density at radius 2 is 1.80 bits per heavy atom. The highest BCUT2D eigenvalue weighted by atomic mass is 16.3. The van der Waals surface area contributed by atoms with Crippen molar-refractivity contribution in [2.45, 2.75) is 70.3 Å². The first-order valence-electron chi connectivity index (χ1n) is 9.02. The van der Waals surface area contributed by atoms with Gasteiger partial charge in [-0.25, -0.2) is 0 Å². The standard InChI is InChI=1S/C18H31NO/c1-12-5-7-17(11-19,8-6-12)18(20)10-13-9-16(18)15-4-2-3-14(13)15/h12-16,20H,2-11,19H2,1H3. The zero-order valence-electron chi connectivity index (χ0n) is 13.0. The lowest BCUT2D eigenvalue weighted by molar-refractivity contribution is -0.156. The SMILES string of the molecule is CC1CCC(CN)(C2(O)CC3CC2C2CCCC32)CC1. The second-order valence-electron chi connectivity index (χ2n) is 8.66. The van der Waals surface area contributed by atoms with Crippen molar-refractivity contribution in [2.75, 3.05) is 6.54 Å². The summed E-state index contributed by atoms with van der Waals surface area (Å²) in [5.74, 6) is 4.02. The molecule has 2 nitrogen and oxygen atoms in total. The predicted octanol–water partition coefficient (Wildman–Crippen LogP) is 3.33. The molecular formula is C18H31NO. The van der Waals surface area contributed by atoms with Crippen LogP contribution in [-0.2, 0) is 0 Å². The van der Waals surface area contributed by atoms with Crippen molar-refractivity contribution in [3.05, 3.63) is 0 Å². The molecule has 4 aliphatic rings. The van der Waals surface area contributed by atoms with Crippen LogP contribution in [0, 0.1) is 35.0 Å². The molecule has 114 valence electrons.